The summed E-state index contributed by atoms with van der Waals surface area (Å²) in [5.41, 5.74) is 7.29. The molecule has 0 aliphatic carbocycles. The van der Waals surface area contributed by atoms with Gasteiger partial charge in [-0.3, -0.25) is 0 Å². The quantitative estimate of drug-likeness (QED) is 0.849. The summed E-state index contributed by atoms with van der Waals surface area (Å²) >= 11 is 0. The summed E-state index contributed by atoms with van der Waals surface area (Å²) in [4.78, 5) is -0.507. The van der Waals surface area contributed by atoms with E-state index in [1.807, 2.05) is 31.2 Å². The summed E-state index contributed by atoms with van der Waals surface area (Å²) in [5, 5.41) is 0. The summed E-state index contributed by atoms with van der Waals surface area (Å²) in [6, 6.07) is 11.2. The van der Waals surface area contributed by atoms with Crippen LogP contribution >= 0.6 is 0 Å². The molecule has 4 nitrogen and oxygen atoms in total. The Morgan fingerprint density at radius 3 is 2.40 bits per heavy atom. The Balaban J connectivity index is 2.22. The van der Waals surface area contributed by atoms with Crippen LogP contribution < -0.4 is 10.5 Å². The second-order valence-electron chi connectivity index (χ2n) is 4.47. The molecule has 20 heavy (non-hydrogen) atoms. The first kappa shape index (κ1) is 14.5. The lowest BCUT2D eigenvalue weighted by Crippen LogP contribution is -2.25. The van der Waals surface area contributed by atoms with E-state index in [0.29, 0.717) is 0 Å². The van der Waals surface area contributed by atoms with Gasteiger partial charge >= 0.3 is 0 Å². The summed E-state index contributed by atoms with van der Waals surface area (Å²) in [6.07, 6.45) is 0. The monoisotopic (exact) mass is 294 g/mol. The van der Waals surface area contributed by atoms with Crippen molar-refractivity contribution in [3.63, 3.8) is 0 Å². The molecule has 106 valence electrons. The Bertz CT molecular complexity index is 692. The third kappa shape index (κ3) is 3.15. The second kappa shape index (κ2) is 5.60. The number of nitrogens with two attached hydrogens (primary N) is 1. The van der Waals surface area contributed by atoms with Gasteiger partial charge in [0.25, 0.3) is 0 Å². The molecule has 0 saturated heterocycles. The van der Waals surface area contributed by atoms with Crippen molar-refractivity contribution in [2.75, 3.05) is 5.73 Å². The van der Waals surface area contributed by atoms with Crippen LogP contribution in [0.2, 0.25) is 0 Å². The molecule has 2 aromatic carbocycles. The summed E-state index contributed by atoms with van der Waals surface area (Å²) < 4.78 is 40.1. The molecule has 2 rings (SSSR count). The Morgan fingerprint density at radius 2 is 1.80 bits per heavy atom. The fourth-order valence-corrected chi connectivity index (χ4v) is 2.97. The van der Waals surface area contributed by atoms with Gasteiger partial charge in [0.2, 0.25) is 10.0 Å². The third-order valence-corrected chi connectivity index (χ3v) is 4.35. The molecular formula is C14H15FN2O2S. The number of nitrogen functional groups attached to an aromatic ring is 1. The first-order valence-corrected chi connectivity index (χ1v) is 7.47. The van der Waals surface area contributed by atoms with E-state index >= 15 is 0 Å². The Morgan fingerprint density at radius 1 is 1.15 bits per heavy atom. The number of sulfonamides is 1. The Labute approximate surface area is 117 Å². The highest BCUT2D eigenvalue weighted by molar-refractivity contribution is 7.89. The van der Waals surface area contributed by atoms with Gasteiger partial charge < -0.3 is 5.73 Å². The molecule has 0 heterocycles. The highest BCUT2D eigenvalue weighted by atomic mass is 32.2. The molecule has 0 radical (unpaired) electrons. The normalized spacial score (nSPS) is 11.5. The van der Waals surface area contributed by atoms with Gasteiger partial charge in [0.05, 0.1) is 5.69 Å². The lowest BCUT2D eigenvalue weighted by atomic mass is 10.2. The van der Waals surface area contributed by atoms with Crippen molar-refractivity contribution in [1.82, 2.24) is 4.72 Å². The van der Waals surface area contributed by atoms with Crippen LogP contribution in [0, 0.1) is 12.7 Å². The maximum absolute atomic E-state index is 13.6. The van der Waals surface area contributed by atoms with Crippen molar-refractivity contribution in [2.45, 2.75) is 18.4 Å². The molecule has 0 spiro atoms. The highest BCUT2D eigenvalue weighted by Crippen LogP contribution is 2.21. The van der Waals surface area contributed by atoms with Gasteiger partial charge in [0.15, 0.2) is 0 Å². The van der Waals surface area contributed by atoms with Crippen molar-refractivity contribution >= 4 is 15.7 Å². The van der Waals surface area contributed by atoms with Gasteiger partial charge in [-0.2, -0.15) is 0 Å². The molecule has 0 unspecified atom stereocenters. The minimum Gasteiger partial charge on any atom is -0.398 e. The molecule has 0 aliphatic heterocycles. The molecule has 0 aromatic heterocycles. The lowest BCUT2D eigenvalue weighted by Gasteiger charge is -2.10. The average Bonchev–Trinajstić information content (AvgIpc) is 2.37. The molecule has 0 saturated carbocycles. The number of aryl methyl sites for hydroxylation is 1. The second-order valence-corrected chi connectivity index (χ2v) is 6.17. The van der Waals surface area contributed by atoms with Crippen molar-refractivity contribution < 1.29 is 12.8 Å². The van der Waals surface area contributed by atoms with Crippen LogP contribution in [0.4, 0.5) is 10.1 Å². The summed E-state index contributed by atoms with van der Waals surface area (Å²) in [6.45, 7) is 2.02. The third-order valence-electron chi connectivity index (χ3n) is 2.85. The minimum absolute atomic E-state index is 0.0797. The number of anilines is 1. The van der Waals surface area contributed by atoms with Crippen molar-refractivity contribution in [3.05, 3.63) is 59.4 Å². The predicted octanol–water partition coefficient (Wildman–Crippen LogP) is 2.19. The van der Waals surface area contributed by atoms with E-state index in [9.17, 15) is 12.8 Å². The van der Waals surface area contributed by atoms with E-state index in [0.717, 1.165) is 17.2 Å². The largest absolute Gasteiger partial charge is 0.398 e. The van der Waals surface area contributed by atoms with Crippen LogP contribution in [0.25, 0.3) is 0 Å². The molecule has 0 bridgehead atoms. The van der Waals surface area contributed by atoms with E-state index in [2.05, 4.69) is 4.72 Å². The van der Waals surface area contributed by atoms with Crippen LogP contribution in [0.3, 0.4) is 0 Å². The predicted molar refractivity (Wildman–Crippen MR) is 76.0 cm³/mol. The molecule has 3 N–H and O–H groups in total. The molecule has 6 heteroatoms. The van der Waals surface area contributed by atoms with Crippen molar-refractivity contribution in [1.29, 1.82) is 0 Å². The standard InChI is InChI=1S/C14H15FN2O2S/c1-10-5-7-11(8-6-10)9-17-20(18,19)14-12(15)3-2-4-13(14)16/h2-8,17H,9,16H2,1H3. The van der Waals surface area contributed by atoms with Gasteiger partial charge in [0.1, 0.15) is 10.7 Å². The molecular weight excluding hydrogens is 279 g/mol. The van der Waals surface area contributed by atoms with Gasteiger partial charge in [-0.25, -0.2) is 17.5 Å². The molecule has 0 amide bonds. The highest BCUT2D eigenvalue weighted by Gasteiger charge is 2.21. The SMILES string of the molecule is Cc1ccc(CNS(=O)(=O)c2c(N)cccc2F)cc1. The van der Waals surface area contributed by atoms with Crippen molar-refractivity contribution in [3.8, 4) is 0 Å². The lowest BCUT2D eigenvalue weighted by molar-refractivity contribution is 0.558. The molecule has 0 atom stereocenters. The van der Waals surface area contributed by atoms with E-state index in [4.69, 9.17) is 5.73 Å². The number of rotatable bonds is 4. The average molecular weight is 294 g/mol. The van der Waals surface area contributed by atoms with E-state index in [-0.39, 0.29) is 12.2 Å². The Hall–Kier alpha value is -1.92. The number of hydrogen-bond donors (Lipinski definition) is 2. The fraction of sp³-hybridized carbons (Fsp3) is 0.143. The number of nitrogens with one attached hydrogen (secondary N) is 1. The summed E-state index contributed by atoms with van der Waals surface area (Å²) in [7, 11) is -3.98. The number of benzene rings is 2. The fourth-order valence-electron chi connectivity index (χ4n) is 1.77. The summed E-state index contributed by atoms with van der Waals surface area (Å²) in [5.74, 6) is -0.860. The van der Waals surface area contributed by atoms with Gasteiger partial charge in [0, 0.05) is 6.54 Å². The molecule has 0 aliphatic rings. The zero-order chi connectivity index (χ0) is 14.8. The zero-order valence-electron chi connectivity index (χ0n) is 10.9. The number of halogens is 1. The first-order valence-electron chi connectivity index (χ1n) is 5.99. The van der Waals surface area contributed by atoms with E-state index in [1.54, 1.807) is 0 Å². The van der Waals surface area contributed by atoms with Crippen LogP contribution in [0.1, 0.15) is 11.1 Å². The van der Waals surface area contributed by atoms with Gasteiger partial charge in [-0.05, 0) is 24.6 Å². The van der Waals surface area contributed by atoms with Crippen LogP contribution in [-0.2, 0) is 16.6 Å². The Kier molecular flexibility index (Phi) is 4.06. The van der Waals surface area contributed by atoms with E-state index < -0.39 is 20.7 Å². The van der Waals surface area contributed by atoms with Crippen molar-refractivity contribution in [2.24, 2.45) is 0 Å². The maximum atomic E-state index is 13.6. The van der Waals surface area contributed by atoms with Gasteiger partial charge in [-0.15, -0.1) is 0 Å². The number of hydrogen-bond acceptors (Lipinski definition) is 3. The molecule has 2 aromatic rings. The van der Waals surface area contributed by atoms with Crippen LogP contribution in [0.15, 0.2) is 47.4 Å². The maximum Gasteiger partial charge on any atom is 0.245 e. The topological polar surface area (TPSA) is 72.2 Å². The van der Waals surface area contributed by atoms with Crippen LogP contribution in [0.5, 0.6) is 0 Å². The smallest absolute Gasteiger partial charge is 0.245 e. The minimum atomic E-state index is -3.98. The van der Waals surface area contributed by atoms with Crippen LogP contribution in [-0.4, -0.2) is 8.42 Å². The van der Waals surface area contributed by atoms with E-state index in [1.165, 1.54) is 12.1 Å². The molecule has 0 fully saturated rings. The zero-order valence-corrected chi connectivity index (χ0v) is 11.7. The van der Waals surface area contributed by atoms with Gasteiger partial charge in [-0.1, -0.05) is 35.9 Å². The first-order chi connectivity index (χ1) is 9.40.